The maximum absolute atomic E-state index is 12.2. The molecule has 0 fully saturated rings. The van der Waals surface area contributed by atoms with Gasteiger partial charge in [-0.3, -0.25) is 5.10 Å². The first-order valence-corrected chi connectivity index (χ1v) is 8.38. The Morgan fingerprint density at radius 2 is 2.25 bits per heavy atom. The maximum Gasteiger partial charge on any atom is 0.258 e. The Labute approximate surface area is 121 Å². The number of thiazole rings is 1. The number of aromatic amines is 1. The Morgan fingerprint density at radius 3 is 2.85 bits per heavy atom. The fourth-order valence-corrected chi connectivity index (χ4v) is 3.94. The molecule has 0 radical (unpaired) electrons. The molecule has 1 atom stereocenters. The van der Waals surface area contributed by atoms with Crippen LogP contribution in [0.4, 0.5) is 0 Å². The zero-order valence-electron chi connectivity index (χ0n) is 11.1. The fourth-order valence-electron chi connectivity index (χ4n) is 1.67. The topological polar surface area (TPSA) is 108 Å². The molecule has 7 nitrogen and oxygen atoms in total. The van der Waals surface area contributed by atoms with Gasteiger partial charge in [0.2, 0.25) is 0 Å². The van der Waals surface area contributed by atoms with E-state index < -0.39 is 22.7 Å². The van der Waals surface area contributed by atoms with E-state index in [4.69, 9.17) is 5.11 Å². The molecule has 2 aromatic heterocycles. The lowest BCUT2D eigenvalue weighted by atomic mass is 10.4. The van der Waals surface area contributed by atoms with Crippen molar-refractivity contribution in [2.75, 3.05) is 0 Å². The van der Waals surface area contributed by atoms with Gasteiger partial charge in [0, 0.05) is 16.6 Å². The Balaban J connectivity index is 2.20. The van der Waals surface area contributed by atoms with Crippen molar-refractivity contribution in [1.29, 1.82) is 0 Å². The number of aliphatic hydroxyl groups is 1. The van der Waals surface area contributed by atoms with Crippen molar-refractivity contribution in [2.45, 2.75) is 37.9 Å². The zero-order chi connectivity index (χ0) is 14.8. The van der Waals surface area contributed by atoms with Crippen LogP contribution in [0.25, 0.3) is 0 Å². The normalized spacial score (nSPS) is 13.6. The van der Waals surface area contributed by atoms with Gasteiger partial charge in [-0.15, -0.1) is 11.3 Å². The number of aliphatic hydroxyl groups excluding tert-OH is 1. The predicted molar refractivity (Wildman–Crippen MR) is 74.7 cm³/mol. The molecule has 2 aromatic rings. The maximum atomic E-state index is 12.2. The van der Waals surface area contributed by atoms with Crippen LogP contribution >= 0.6 is 11.3 Å². The molecule has 3 N–H and O–H groups in total. The number of hydrogen-bond donors (Lipinski definition) is 3. The van der Waals surface area contributed by atoms with E-state index in [1.165, 1.54) is 17.5 Å². The van der Waals surface area contributed by atoms with Crippen molar-refractivity contribution in [3.05, 3.63) is 27.8 Å². The third-order valence-corrected chi connectivity index (χ3v) is 5.62. The van der Waals surface area contributed by atoms with Crippen molar-refractivity contribution in [2.24, 2.45) is 0 Å². The van der Waals surface area contributed by atoms with Gasteiger partial charge in [0.05, 0.1) is 18.8 Å². The van der Waals surface area contributed by atoms with Crippen LogP contribution in [0.5, 0.6) is 0 Å². The summed E-state index contributed by atoms with van der Waals surface area (Å²) in [5.41, 5.74) is 0.234. The smallest absolute Gasteiger partial charge is 0.258 e. The van der Waals surface area contributed by atoms with Gasteiger partial charge in [-0.1, -0.05) is 6.92 Å². The van der Waals surface area contributed by atoms with Gasteiger partial charge < -0.3 is 5.11 Å². The van der Waals surface area contributed by atoms with E-state index >= 15 is 0 Å². The predicted octanol–water partition coefficient (Wildman–Crippen LogP) is 0.960. The molecule has 2 heterocycles. The van der Waals surface area contributed by atoms with Gasteiger partial charge in [-0.05, 0) is 13.3 Å². The van der Waals surface area contributed by atoms with Crippen molar-refractivity contribution in [1.82, 2.24) is 19.9 Å². The van der Waals surface area contributed by atoms with Gasteiger partial charge in [0.25, 0.3) is 10.0 Å². The molecule has 110 valence electrons. The summed E-state index contributed by atoms with van der Waals surface area (Å²) in [6.07, 6.45) is 3.91. The highest BCUT2D eigenvalue weighted by Gasteiger charge is 2.24. The number of hydrogen-bond acceptors (Lipinski definition) is 6. The third-order valence-electron chi connectivity index (χ3n) is 2.74. The molecule has 0 bridgehead atoms. The number of nitrogens with one attached hydrogen (secondary N) is 2. The summed E-state index contributed by atoms with van der Waals surface area (Å²) >= 11 is 1.48. The average molecular weight is 316 g/mol. The summed E-state index contributed by atoms with van der Waals surface area (Å²) in [7, 11) is -3.77. The molecular formula is C11H16N4O3S2. The molecule has 0 aliphatic heterocycles. The van der Waals surface area contributed by atoms with E-state index in [0.29, 0.717) is 5.01 Å². The minimum atomic E-state index is -3.77. The SMILES string of the molecule is CCc1cnc(C(C)NS(=O)(=O)c2[nH]ncc2CO)s1. The van der Waals surface area contributed by atoms with Crippen LogP contribution in [0.3, 0.4) is 0 Å². The second-order valence-corrected chi connectivity index (χ2v) is 7.04. The number of aromatic nitrogens is 3. The third kappa shape index (κ3) is 3.06. The largest absolute Gasteiger partial charge is 0.392 e. The molecule has 1 unspecified atom stereocenters. The first-order chi connectivity index (χ1) is 9.47. The minimum absolute atomic E-state index is 0.112. The summed E-state index contributed by atoms with van der Waals surface area (Å²) in [5.74, 6) is 0. The van der Waals surface area contributed by atoms with Crippen molar-refractivity contribution in [3.63, 3.8) is 0 Å². The Hall–Kier alpha value is -1.29. The van der Waals surface area contributed by atoms with Gasteiger partial charge >= 0.3 is 0 Å². The van der Waals surface area contributed by atoms with Crippen LogP contribution in [0.2, 0.25) is 0 Å². The van der Waals surface area contributed by atoms with E-state index in [9.17, 15) is 8.42 Å². The number of nitrogens with zero attached hydrogens (tertiary/aromatic N) is 2. The lowest BCUT2D eigenvalue weighted by Crippen LogP contribution is -2.28. The van der Waals surface area contributed by atoms with Crippen LogP contribution in [-0.4, -0.2) is 28.7 Å². The average Bonchev–Trinajstić information content (AvgIpc) is 3.07. The lowest BCUT2D eigenvalue weighted by Gasteiger charge is -2.11. The van der Waals surface area contributed by atoms with Crippen LogP contribution < -0.4 is 4.72 Å². The number of sulfonamides is 1. The van der Waals surface area contributed by atoms with Crippen molar-refractivity contribution in [3.8, 4) is 0 Å². The fraction of sp³-hybridized carbons (Fsp3) is 0.455. The summed E-state index contributed by atoms with van der Waals surface area (Å²) < 4.78 is 27.0. The molecule has 0 aliphatic rings. The molecule has 0 aromatic carbocycles. The van der Waals surface area contributed by atoms with Crippen LogP contribution in [0.1, 0.15) is 35.3 Å². The van der Waals surface area contributed by atoms with Crippen LogP contribution in [0, 0.1) is 0 Å². The highest BCUT2D eigenvalue weighted by molar-refractivity contribution is 7.89. The second-order valence-electron chi connectivity index (χ2n) is 4.24. The molecule has 0 saturated heterocycles. The van der Waals surface area contributed by atoms with Crippen LogP contribution in [-0.2, 0) is 23.1 Å². The van der Waals surface area contributed by atoms with Crippen molar-refractivity contribution >= 4 is 21.4 Å². The van der Waals surface area contributed by atoms with Gasteiger partial charge in [-0.25, -0.2) is 18.1 Å². The monoisotopic (exact) mass is 316 g/mol. The molecule has 0 saturated carbocycles. The van der Waals surface area contributed by atoms with E-state index in [2.05, 4.69) is 19.9 Å². The standard InChI is InChI=1S/C11H16N4O3S2/c1-3-9-5-12-10(19-9)7(2)15-20(17,18)11-8(6-16)4-13-14-11/h4-5,7,15-16H,3,6H2,1-2H3,(H,13,14). The first-order valence-electron chi connectivity index (χ1n) is 6.08. The molecule has 0 spiro atoms. The molecule has 0 aliphatic carbocycles. The van der Waals surface area contributed by atoms with E-state index in [1.54, 1.807) is 13.1 Å². The summed E-state index contributed by atoms with van der Waals surface area (Å²) in [6.45, 7) is 3.35. The van der Waals surface area contributed by atoms with Gasteiger partial charge in [-0.2, -0.15) is 5.10 Å². The minimum Gasteiger partial charge on any atom is -0.392 e. The summed E-state index contributed by atoms with van der Waals surface area (Å²) in [5, 5.41) is 15.7. The highest BCUT2D eigenvalue weighted by atomic mass is 32.2. The Morgan fingerprint density at radius 1 is 1.50 bits per heavy atom. The molecule has 0 amide bonds. The first kappa shape index (κ1) is 15.1. The quantitative estimate of drug-likeness (QED) is 0.735. The molecule has 20 heavy (non-hydrogen) atoms. The molecule has 9 heteroatoms. The summed E-state index contributed by atoms with van der Waals surface area (Å²) in [4.78, 5) is 5.31. The van der Waals surface area contributed by atoms with E-state index in [0.717, 1.165) is 11.3 Å². The molecular weight excluding hydrogens is 300 g/mol. The Bertz CT molecular complexity index is 677. The second kappa shape index (κ2) is 6.00. The zero-order valence-corrected chi connectivity index (χ0v) is 12.8. The number of H-pyrrole nitrogens is 1. The van der Waals surface area contributed by atoms with Gasteiger partial charge in [0.1, 0.15) is 5.01 Å². The highest BCUT2D eigenvalue weighted by Crippen LogP contribution is 2.22. The van der Waals surface area contributed by atoms with E-state index in [-0.39, 0.29) is 10.6 Å². The summed E-state index contributed by atoms with van der Waals surface area (Å²) in [6, 6.07) is -0.444. The van der Waals surface area contributed by atoms with Crippen molar-refractivity contribution < 1.29 is 13.5 Å². The van der Waals surface area contributed by atoms with Gasteiger partial charge in [0.15, 0.2) is 5.03 Å². The number of rotatable bonds is 6. The molecule has 2 rings (SSSR count). The lowest BCUT2D eigenvalue weighted by molar-refractivity contribution is 0.278. The van der Waals surface area contributed by atoms with E-state index in [1.807, 2.05) is 6.92 Å². The number of aryl methyl sites for hydroxylation is 1. The Kier molecular flexibility index (Phi) is 4.53. The van der Waals surface area contributed by atoms with Crippen LogP contribution in [0.15, 0.2) is 17.4 Å².